The lowest BCUT2D eigenvalue weighted by molar-refractivity contribution is 0.129. The molecule has 2 unspecified atom stereocenters. The predicted octanol–water partition coefficient (Wildman–Crippen LogP) is -2.18. The van der Waals surface area contributed by atoms with Crippen LogP contribution in [0.15, 0.2) is 0 Å². The number of hydrazine groups is 1. The van der Waals surface area contributed by atoms with Gasteiger partial charge in [-0.15, -0.1) is 0 Å². The summed E-state index contributed by atoms with van der Waals surface area (Å²) in [5.74, 6) is 0. The molecule has 0 radical (unpaired) electrons. The van der Waals surface area contributed by atoms with Crippen LogP contribution in [0.2, 0.25) is 0 Å². The Morgan fingerprint density at radius 2 is 2.38 bits per heavy atom. The zero-order chi connectivity index (χ0) is 5.98. The standard InChI is InChI=1S/C4H10N2O2/c7-2-3-4(8)1-5-6-3/h3-8H,1-2H2. The molecule has 4 nitrogen and oxygen atoms in total. The van der Waals surface area contributed by atoms with Gasteiger partial charge in [0.15, 0.2) is 0 Å². The van der Waals surface area contributed by atoms with Crippen molar-refractivity contribution in [1.82, 2.24) is 10.9 Å². The highest BCUT2D eigenvalue weighted by molar-refractivity contribution is 4.80. The Kier molecular flexibility index (Phi) is 1.80. The van der Waals surface area contributed by atoms with E-state index in [1.54, 1.807) is 0 Å². The van der Waals surface area contributed by atoms with Crippen molar-refractivity contribution in [3.05, 3.63) is 0 Å². The summed E-state index contributed by atoms with van der Waals surface area (Å²) in [6.45, 7) is 0.499. The van der Waals surface area contributed by atoms with E-state index in [1.165, 1.54) is 0 Å². The van der Waals surface area contributed by atoms with Gasteiger partial charge in [-0.05, 0) is 0 Å². The maximum Gasteiger partial charge on any atom is 0.0867 e. The summed E-state index contributed by atoms with van der Waals surface area (Å²) in [6, 6.07) is -0.185. The lowest BCUT2D eigenvalue weighted by Gasteiger charge is -2.07. The molecule has 1 rings (SSSR count). The highest BCUT2D eigenvalue weighted by atomic mass is 16.3. The van der Waals surface area contributed by atoms with Gasteiger partial charge in [-0.1, -0.05) is 0 Å². The number of aliphatic hydroxyl groups is 2. The van der Waals surface area contributed by atoms with Crippen LogP contribution in [0.4, 0.5) is 0 Å². The Labute approximate surface area is 47.5 Å². The van der Waals surface area contributed by atoms with Crippen LogP contribution < -0.4 is 10.9 Å². The van der Waals surface area contributed by atoms with Gasteiger partial charge in [0, 0.05) is 6.54 Å². The number of hydrogen-bond acceptors (Lipinski definition) is 4. The van der Waals surface area contributed by atoms with E-state index in [1.807, 2.05) is 0 Å². The van der Waals surface area contributed by atoms with Gasteiger partial charge >= 0.3 is 0 Å². The number of rotatable bonds is 1. The molecule has 48 valence electrons. The number of β-amino-alcohol motifs (C(OH)–C–C–N with tert-alkyl or cyclic N) is 1. The van der Waals surface area contributed by atoms with Crippen molar-refractivity contribution >= 4 is 0 Å². The van der Waals surface area contributed by atoms with Gasteiger partial charge in [0.2, 0.25) is 0 Å². The summed E-state index contributed by atoms with van der Waals surface area (Å²) in [6.07, 6.45) is -0.444. The molecule has 0 aliphatic carbocycles. The molecule has 1 heterocycles. The fraction of sp³-hybridized carbons (Fsp3) is 1.00. The average Bonchev–Trinajstić information content (AvgIpc) is 2.14. The van der Waals surface area contributed by atoms with E-state index in [0.29, 0.717) is 6.54 Å². The van der Waals surface area contributed by atoms with E-state index < -0.39 is 6.10 Å². The monoisotopic (exact) mass is 118 g/mol. The van der Waals surface area contributed by atoms with Gasteiger partial charge in [0.1, 0.15) is 0 Å². The molecule has 1 aliphatic heterocycles. The highest BCUT2D eigenvalue weighted by Gasteiger charge is 2.22. The molecule has 8 heavy (non-hydrogen) atoms. The Hall–Kier alpha value is -0.160. The van der Waals surface area contributed by atoms with Gasteiger partial charge in [-0.25, -0.2) is 5.43 Å². The van der Waals surface area contributed by atoms with E-state index in [2.05, 4.69) is 10.9 Å². The minimum absolute atomic E-state index is 0.0197. The summed E-state index contributed by atoms with van der Waals surface area (Å²) in [7, 11) is 0. The van der Waals surface area contributed by atoms with Crippen molar-refractivity contribution in [3.8, 4) is 0 Å². The first-order chi connectivity index (χ1) is 3.84. The van der Waals surface area contributed by atoms with Crippen molar-refractivity contribution in [2.45, 2.75) is 12.1 Å². The molecule has 0 aromatic carbocycles. The quantitative estimate of drug-likeness (QED) is 0.316. The van der Waals surface area contributed by atoms with Crippen LogP contribution in [0.5, 0.6) is 0 Å². The molecule has 0 spiro atoms. The summed E-state index contributed by atoms with van der Waals surface area (Å²) < 4.78 is 0. The highest BCUT2D eigenvalue weighted by Crippen LogP contribution is 1.94. The number of hydrogen-bond donors (Lipinski definition) is 4. The maximum atomic E-state index is 8.90. The van der Waals surface area contributed by atoms with E-state index in [4.69, 9.17) is 10.2 Å². The fourth-order valence-corrected chi connectivity index (χ4v) is 0.700. The summed E-state index contributed by atoms with van der Waals surface area (Å²) >= 11 is 0. The molecule has 1 aliphatic rings. The third-order valence-electron chi connectivity index (χ3n) is 1.26. The third-order valence-corrected chi connectivity index (χ3v) is 1.26. The summed E-state index contributed by atoms with van der Waals surface area (Å²) in [5, 5.41) is 17.4. The normalized spacial score (nSPS) is 38.2. The predicted molar refractivity (Wildman–Crippen MR) is 28.0 cm³/mol. The van der Waals surface area contributed by atoms with E-state index in [-0.39, 0.29) is 12.6 Å². The van der Waals surface area contributed by atoms with Gasteiger partial charge in [0.25, 0.3) is 0 Å². The van der Waals surface area contributed by atoms with Crippen molar-refractivity contribution in [1.29, 1.82) is 0 Å². The molecule has 4 heteroatoms. The first-order valence-electron chi connectivity index (χ1n) is 2.62. The van der Waals surface area contributed by atoms with Crippen molar-refractivity contribution < 1.29 is 10.2 Å². The molecular formula is C4H10N2O2. The Morgan fingerprint density at radius 1 is 1.62 bits per heavy atom. The van der Waals surface area contributed by atoms with E-state index >= 15 is 0 Å². The molecule has 1 saturated heterocycles. The molecule has 4 N–H and O–H groups in total. The van der Waals surface area contributed by atoms with E-state index in [0.717, 1.165) is 0 Å². The second-order valence-corrected chi connectivity index (χ2v) is 1.88. The molecule has 0 saturated carbocycles. The van der Waals surface area contributed by atoms with Crippen LogP contribution in [-0.2, 0) is 0 Å². The van der Waals surface area contributed by atoms with Crippen LogP contribution >= 0.6 is 0 Å². The summed E-state index contributed by atoms with van der Waals surface area (Å²) in [5.41, 5.74) is 5.42. The van der Waals surface area contributed by atoms with Crippen molar-refractivity contribution in [2.75, 3.05) is 13.2 Å². The zero-order valence-electron chi connectivity index (χ0n) is 4.46. The van der Waals surface area contributed by atoms with Crippen LogP contribution in [0, 0.1) is 0 Å². The fourth-order valence-electron chi connectivity index (χ4n) is 0.700. The number of nitrogens with one attached hydrogen (secondary N) is 2. The molecule has 0 bridgehead atoms. The largest absolute Gasteiger partial charge is 0.395 e. The second kappa shape index (κ2) is 2.41. The zero-order valence-corrected chi connectivity index (χ0v) is 4.46. The second-order valence-electron chi connectivity index (χ2n) is 1.88. The first kappa shape index (κ1) is 5.97. The lowest BCUT2D eigenvalue weighted by atomic mass is 10.2. The molecule has 0 aromatic rings. The third kappa shape index (κ3) is 0.976. The minimum atomic E-state index is -0.444. The van der Waals surface area contributed by atoms with Gasteiger partial charge < -0.3 is 10.2 Å². The van der Waals surface area contributed by atoms with Crippen LogP contribution in [0.25, 0.3) is 0 Å². The maximum absolute atomic E-state index is 8.90. The number of aliphatic hydroxyl groups excluding tert-OH is 2. The topological polar surface area (TPSA) is 64.5 Å². The van der Waals surface area contributed by atoms with Crippen molar-refractivity contribution in [3.63, 3.8) is 0 Å². The van der Waals surface area contributed by atoms with Gasteiger partial charge in [0.05, 0.1) is 18.8 Å². The Bertz CT molecular complexity index is 78.4. The SMILES string of the molecule is OCC1NNCC1O. The minimum Gasteiger partial charge on any atom is -0.395 e. The molecule has 2 atom stereocenters. The van der Waals surface area contributed by atoms with Crippen LogP contribution in [-0.4, -0.2) is 35.5 Å². The summed E-state index contributed by atoms with van der Waals surface area (Å²) in [4.78, 5) is 0. The van der Waals surface area contributed by atoms with Gasteiger partial charge in [-0.2, -0.15) is 0 Å². The molecule has 0 aromatic heterocycles. The van der Waals surface area contributed by atoms with Crippen molar-refractivity contribution in [2.24, 2.45) is 0 Å². The lowest BCUT2D eigenvalue weighted by Crippen LogP contribution is -2.36. The van der Waals surface area contributed by atoms with E-state index in [9.17, 15) is 0 Å². The first-order valence-corrected chi connectivity index (χ1v) is 2.62. The Balaban J connectivity index is 2.30. The average molecular weight is 118 g/mol. The molecular weight excluding hydrogens is 108 g/mol. The van der Waals surface area contributed by atoms with Crippen LogP contribution in [0.1, 0.15) is 0 Å². The van der Waals surface area contributed by atoms with Crippen LogP contribution in [0.3, 0.4) is 0 Å². The molecule has 0 amide bonds. The smallest absolute Gasteiger partial charge is 0.0867 e. The molecule has 1 fully saturated rings. The Morgan fingerprint density at radius 3 is 2.62 bits per heavy atom. The van der Waals surface area contributed by atoms with Gasteiger partial charge in [-0.3, -0.25) is 5.43 Å².